The van der Waals surface area contributed by atoms with Crippen LogP contribution in [0, 0.1) is 5.92 Å². The lowest BCUT2D eigenvalue weighted by Gasteiger charge is -2.24. The molecule has 1 aliphatic heterocycles. The summed E-state index contributed by atoms with van der Waals surface area (Å²) in [7, 11) is 0. The van der Waals surface area contributed by atoms with Gasteiger partial charge in [-0.2, -0.15) is 0 Å². The molecule has 0 aromatic heterocycles. The van der Waals surface area contributed by atoms with Crippen molar-refractivity contribution < 1.29 is 29.3 Å². The fourth-order valence-electron chi connectivity index (χ4n) is 4.55. The lowest BCUT2D eigenvalue weighted by molar-refractivity contribution is -0.149. The molecule has 4 rings (SSSR count). The summed E-state index contributed by atoms with van der Waals surface area (Å²) in [6.45, 7) is 1.76. The van der Waals surface area contributed by atoms with Crippen LogP contribution in [0.3, 0.4) is 0 Å². The van der Waals surface area contributed by atoms with Crippen molar-refractivity contribution in [3.8, 4) is 11.1 Å². The summed E-state index contributed by atoms with van der Waals surface area (Å²) in [6.07, 6.45) is -1.49. The van der Waals surface area contributed by atoms with Crippen molar-refractivity contribution in [2.24, 2.45) is 5.92 Å². The molecule has 8 heteroatoms. The number of aliphatic hydroxyl groups excluding tert-OH is 1. The van der Waals surface area contributed by atoms with Gasteiger partial charge >= 0.3 is 12.1 Å². The topological polar surface area (TPSA) is 116 Å². The van der Waals surface area contributed by atoms with Crippen molar-refractivity contribution in [3.63, 3.8) is 0 Å². The number of nitrogens with zero attached hydrogens (tertiary/aromatic N) is 1. The fourth-order valence-corrected chi connectivity index (χ4v) is 4.55. The van der Waals surface area contributed by atoms with Crippen LogP contribution >= 0.6 is 0 Å². The van der Waals surface area contributed by atoms with Crippen molar-refractivity contribution in [1.29, 1.82) is 0 Å². The minimum absolute atomic E-state index is 0.00754. The first-order valence-corrected chi connectivity index (χ1v) is 10.7. The molecule has 1 unspecified atom stereocenters. The van der Waals surface area contributed by atoms with Gasteiger partial charge in [0.05, 0.1) is 12.0 Å². The third-order valence-electron chi connectivity index (χ3n) is 6.16. The van der Waals surface area contributed by atoms with E-state index in [0.29, 0.717) is 0 Å². The number of fused-ring (bicyclic) bond motifs is 3. The molecular weight excluding hydrogens is 412 g/mol. The summed E-state index contributed by atoms with van der Waals surface area (Å²) in [5.41, 5.74) is 4.49. The van der Waals surface area contributed by atoms with E-state index in [4.69, 9.17) is 4.74 Å². The molecule has 0 radical (unpaired) electrons. The normalized spacial score (nSPS) is 20.4. The standard InChI is InChI=1S/C24H26N2O6/c1-14(22(28)26-12-15(27)10-21(26)23(29)30)11-25-24(31)32-13-20-18-8-4-2-6-16(18)17-7-3-5-9-19(17)20/h2-9,14-15,20-21,27H,10-13H2,1H3,(H,25,31)(H,29,30)/t14?,15-,21+/m1/s1. The number of β-amino-alcohol motifs (C(OH)–C–C–N with tert-alkyl or cyclic N) is 1. The maximum atomic E-state index is 12.6. The minimum atomic E-state index is -1.15. The Morgan fingerprint density at radius 3 is 2.28 bits per heavy atom. The average molecular weight is 438 g/mol. The molecular formula is C24H26N2O6. The summed E-state index contributed by atoms with van der Waals surface area (Å²) in [6, 6.07) is 15.0. The first-order valence-electron chi connectivity index (χ1n) is 10.7. The number of hydrogen-bond donors (Lipinski definition) is 3. The second-order valence-corrected chi connectivity index (χ2v) is 8.34. The van der Waals surface area contributed by atoms with Gasteiger partial charge < -0.3 is 25.2 Å². The van der Waals surface area contributed by atoms with Crippen LogP contribution in [0.25, 0.3) is 11.1 Å². The van der Waals surface area contributed by atoms with Crippen molar-refractivity contribution in [2.45, 2.75) is 31.4 Å². The predicted molar refractivity (Wildman–Crippen MR) is 116 cm³/mol. The molecule has 1 heterocycles. The van der Waals surface area contributed by atoms with Crippen molar-refractivity contribution >= 4 is 18.0 Å². The zero-order valence-corrected chi connectivity index (χ0v) is 17.7. The van der Waals surface area contributed by atoms with E-state index >= 15 is 0 Å². The summed E-state index contributed by atoms with van der Waals surface area (Å²) in [5, 5.41) is 21.6. The summed E-state index contributed by atoms with van der Waals surface area (Å²) in [4.78, 5) is 37.4. The maximum Gasteiger partial charge on any atom is 0.407 e. The largest absolute Gasteiger partial charge is 0.480 e. The molecule has 2 aromatic rings. The molecule has 1 fully saturated rings. The SMILES string of the molecule is CC(CNC(=O)OCC1c2ccccc2-c2ccccc21)C(=O)N1C[C@H](O)C[C@H]1C(=O)O. The number of carboxylic acid groups (broad SMARTS) is 1. The summed E-state index contributed by atoms with van der Waals surface area (Å²) in [5.74, 6) is -2.28. The molecule has 3 N–H and O–H groups in total. The molecule has 2 aliphatic rings. The van der Waals surface area contributed by atoms with Crippen LogP contribution in [0.5, 0.6) is 0 Å². The molecule has 3 atom stereocenters. The predicted octanol–water partition coefficient (Wildman–Crippen LogP) is 2.21. The number of likely N-dealkylation sites (tertiary alicyclic amines) is 1. The first kappa shape index (κ1) is 21.8. The van der Waals surface area contributed by atoms with Crippen LogP contribution in [0.2, 0.25) is 0 Å². The van der Waals surface area contributed by atoms with Gasteiger partial charge in [-0.15, -0.1) is 0 Å². The van der Waals surface area contributed by atoms with E-state index in [2.05, 4.69) is 17.4 Å². The Morgan fingerprint density at radius 1 is 1.09 bits per heavy atom. The number of carbonyl (C=O) groups is 3. The highest BCUT2D eigenvalue weighted by Crippen LogP contribution is 2.44. The third kappa shape index (κ3) is 4.18. The summed E-state index contributed by atoms with van der Waals surface area (Å²) < 4.78 is 5.46. The van der Waals surface area contributed by atoms with Gasteiger partial charge in [0.15, 0.2) is 0 Å². The molecule has 1 saturated heterocycles. The van der Waals surface area contributed by atoms with Crippen LogP contribution in [0.15, 0.2) is 48.5 Å². The number of aliphatic hydroxyl groups is 1. The number of aliphatic carboxylic acids is 1. The Morgan fingerprint density at radius 2 is 1.69 bits per heavy atom. The molecule has 8 nitrogen and oxygen atoms in total. The van der Waals surface area contributed by atoms with Crippen molar-refractivity contribution in [3.05, 3.63) is 59.7 Å². The van der Waals surface area contributed by atoms with Gasteiger partial charge in [-0.25, -0.2) is 9.59 Å². The van der Waals surface area contributed by atoms with Crippen LogP contribution in [-0.2, 0) is 14.3 Å². The van der Waals surface area contributed by atoms with E-state index in [0.717, 1.165) is 27.2 Å². The van der Waals surface area contributed by atoms with E-state index in [1.54, 1.807) is 6.92 Å². The van der Waals surface area contributed by atoms with Gasteiger partial charge in [0.1, 0.15) is 12.6 Å². The van der Waals surface area contributed by atoms with Crippen molar-refractivity contribution in [2.75, 3.05) is 19.7 Å². The fraction of sp³-hybridized carbons (Fsp3) is 0.375. The van der Waals surface area contributed by atoms with E-state index in [1.807, 2.05) is 36.4 Å². The molecule has 0 spiro atoms. The smallest absolute Gasteiger partial charge is 0.407 e. The Balaban J connectivity index is 1.32. The van der Waals surface area contributed by atoms with E-state index in [-0.39, 0.29) is 32.0 Å². The number of ether oxygens (including phenoxy) is 1. The van der Waals surface area contributed by atoms with E-state index < -0.39 is 36.0 Å². The molecule has 168 valence electrons. The zero-order valence-electron chi connectivity index (χ0n) is 17.7. The molecule has 32 heavy (non-hydrogen) atoms. The second kappa shape index (κ2) is 9.00. The lowest BCUT2D eigenvalue weighted by atomic mass is 9.98. The number of carbonyl (C=O) groups excluding carboxylic acids is 2. The molecule has 2 aromatic carbocycles. The van der Waals surface area contributed by atoms with Crippen LogP contribution in [0.1, 0.15) is 30.4 Å². The number of benzene rings is 2. The third-order valence-corrected chi connectivity index (χ3v) is 6.16. The molecule has 2 amide bonds. The van der Waals surface area contributed by atoms with Crippen molar-refractivity contribution in [1.82, 2.24) is 10.2 Å². The first-order chi connectivity index (χ1) is 15.4. The number of alkyl carbamates (subject to hydrolysis) is 1. The van der Waals surface area contributed by atoms with Crippen LogP contribution in [0.4, 0.5) is 4.79 Å². The number of hydrogen-bond acceptors (Lipinski definition) is 5. The van der Waals surface area contributed by atoms with Gasteiger partial charge in [-0.1, -0.05) is 55.5 Å². The van der Waals surface area contributed by atoms with Crippen LogP contribution in [-0.4, -0.2) is 64.9 Å². The number of rotatable bonds is 6. The quantitative estimate of drug-likeness (QED) is 0.637. The van der Waals surface area contributed by atoms with Gasteiger partial charge in [0, 0.05) is 25.4 Å². The summed E-state index contributed by atoms with van der Waals surface area (Å²) >= 11 is 0. The Hall–Kier alpha value is -3.39. The number of amides is 2. The number of nitrogens with one attached hydrogen (secondary N) is 1. The Bertz CT molecular complexity index is 993. The Kier molecular flexibility index (Phi) is 6.14. The van der Waals surface area contributed by atoms with E-state index in [9.17, 15) is 24.6 Å². The molecule has 0 saturated carbocycles. The monoisotopic (exact) mass is 438 g/mol. The highest BCUT2D eigenvalue weighted by Gasteiger charge is 2.40. The van der Waals surface area contributed by atoms with E-state index in [1.165, 1.54) is 0 Å². The van der Waals surface area contributed by atoms with Gasteiger partial charge in [-0.05, 0) is 22.3 Å². The minimum Gasteiger partial charge on any atom is -0.480 e. The van der Waals surface area contributed by atoms with Gasteiger partial charge in [0.2, 0.25) is 5.91 Å². The highest BCUT2D eigenvalue weighted by molar-refractivity contribution is 5.86. The number of carboxylic acids is 1. The molecule has 1 aliphatic carbocycles. The average Bonchev–Trinajstić information content (AvgIpc) is 3.34. The molecule has 0 bridgehead atoms. The highest BCUT2D eigenvalue weighted by atomic mass is 16.5. The lowest BCUT2D eigenvalue weighted by Crippen LogP contribution is -2.45. The second-order valence-electron chi connectivity index (χ2n) is 8.34. The van der Waals surface area contributed by atoms with Gasteiger partial charge in [-0.3, -0.25) is 4.79 Å². The van der Waals surface area contributed by atoms with Crippen LogP contribution < -0.4 is 5.32 Å². The van der Waals surface area contributed by atoms with Gasteiger partial charge in [0.25, 0.3) is 0 Å². The Labute approximate surface area is 185 Å². The zero-order chi connectivity index (χ0) is 22.8. The maximum absolute atomic E-state index is 12.6.